The molecule has 3 aliphatic rings. The predicted molar refractivity (Wildman–Crippen MR) is 440 cm³/mol. The van der Waals surface area contributed by atoms with Gasteiger partial charge in [0.25, 0.3) is 45.3 Å². The number of sulfonamides is 1. The van der Waals surface area contributed by atoms with Crippen LogP contribution in [-0.2, 0) is 29.2 Å². The lowest BCUT2D eigenvalue weighted by atomic mass is 9.82. The Labute approximate surface area is 671 Å². The maximum absolute atomic E-state index is 12.6. The second kappa shape index (κ2) is 46.3. The first-order valence-electron chi connectivity index (χ1n) is 34.4. The Morgan fingerprint density at radius 3 is 1.29 bits per heavy atom. The Balaban J connectivity index is 0.000000292. The number of thioether (sulfide) groups is 7. The third kappa shape index (κ3) is 34.8. The normalized spacial score (nSPS) is 14.3. The average molecular weight is 1670 g/mol. The van der Waals surface area contributed by atoms with E-state index >= 15 is 0 Å². The molecule has 596 valence electrons. The zero-order valence-electron chi connectivity index (χ0n) is 62.5. The molecule has 1 saturated carbocycles. The summed E-state index contributed by atoms with van der Waals surface area (Å²) in [5, 5.41) is 36.0. The fourth-order valence-electron chi connectivity index (χ4n) is 10.3. The van der Waals surface area contributed by atoms with Crippen molar-refractivity contribution in [3.8, 4) is 0 Å². The molecule has 3 fully saturated rings. The van der Waals surface area contributed by atoms with Crippen molar-refractivity contribution in [1.82, 2.24) is 41.7 Å². The maximum Gasteiger partial charge on any atom is 0.284 e. The number of carbonyl (C=O) groups is 12. The Bertz CT molecular complexity index is 4240. The van der Waals surface area contributed by atoms with Crippen molar-refractivity contribution in [2.45, 2.75) is 154 Å². The van der Waals surface area contributed by atoms with Gasteiger partial charge in [0.05, 0.1) is 46.7 Å². The van der Waals surface area contributed by atoms with Gasteiger partial charge in [0.2, 0.25) is 33.7 Å². The van der Waals surface area contributed by atoms with E-state index in [0.29, 0.717) is 75.8 Å². The molecule has 1 aliphatic carbocycles. The number of unbranched alkanes of at least 4 members (excludes halogenated alkanes) is 1. The highest BCUT2D eigenvalue weighted by Gasteiger charge is 2.45. The van der Waals surface area contributed by atoms with Gasteiger partial charge in [-0.1, -0.05) is 131 Å². The molecule has 2 aliphatic heterocycles. The third-order valence-electron chi connectivity index (χ3n) is 15.4. The van der Waals surface area contributed by atoms with Crippen LogP contribution >= 0.6 is 82.3 Å². The Kier molecular flexibility index (Phi) is 39.5. The molecule has 12 amide bonds. The summed E-state index contributed by atoms with van der Waals surface area (Å²) in [6.45, 7) is 15.3. The molecule has 8 rings (SSSR count). The number of carbonyl (C=O) groups excluding carboxylic acids is 12. The molecule has 2 unspecified atom stereocenters. The van der Waals surface area contributed by atoms with Crippen LogP contribution in [-0.4, -0.2) is 177 Å². The number of nitrogens with two attached hydrogens (primary N) is 5. The number of hydrogen-bond donors (Lipinski definition) is 13. The minimum absolute atomic E-state index is 0.0817. The number of primary sulfonamides is 1. The highest BCUT2D eigenvalue weighted by Crippen LogP contribution is 2.34. The van der Waals surface area contributed by atoms with Crippen molar-refractivity contribution < 1.29 is 66.0 Å². The molecule has 0 spiro atoms. The predicted octanol–water partition coefficient (Wildman–Crippen LogP) is 9.42. The Morgan fingerprint density at radius 1 is 0.527 bits per heavy atom. The molecule has 0 bridgehead atoms. The molecule has 2 heterocycles. The van der Waals surface area contributed by atoms with Gasteiger partial charge in [-0.15, -0.1) is 23.5 Å². The minimum atomic E-state index is -3.63. The second-order valence-corrected chi connectivity index (χ2v) is 35.5. The van der Waals surface area contributed by atoms with Gasteiger partial charge in [-0.25, -0.2) is 13.6 Å². The Hall–Kier alpha value is -8.56. The van der Waals surface area contributed by atoms with Crippen LogP contribution in [0.2, 0.25) is 0 Å². The number of amides is 12. The minimum Gasteiger partial charge on any atom is -0.370 e. The molecule has 2 saturated heterocycles. The fraction of sp³-hybridized carbons (Fsp3) is 0.397. The molecule has 37 heteroatoms. The first-order valence-corrected chi connectivity index (χ1v) is 42.7. The van der Waals surface area contributed by atoms with E-state index in [-0.39, 0.29) is 81.6 Å². The number of hydrogen-bond acceptors (Lipinski definition) is 23. The van der Waals surface area contributed by atoms with Crippen molar-refractivity contribution in [2.75, 3.05) is 51.0 Å². The molecular weight excluding hydrogens is 1570 g/mol. The van der Waals surface area contributed by atoms with E-state index in [4.69, 9.17) is 38.9 Å². The monoisotopic (exact) mass is 1660 g/mol. The molecule has 18 N–H and O–H groups in total. The molecule has 0 aromatic heterocycles. The zero-order valence-corrected chi connectivity index (χ0v) is 69.1. The number of benzene rings is 5. The largest absolute Gasteiger partial charge is 0.370 e. The van der Waals surface area contributed by atoms with Crippen LogP contribution in [0.3, 0.4) is 0 Å². The van der Waals surface area contributed by atoms with Crippen molar-refractivity contribution in [1.29, 1.82) is 10.8 Å². The number of nitrogens with zero attached hydrogens (tertiary/aromatic N) is 2. The van der Waals surface area contributed by atoms with E-state index in [2.05, 4.69) is 52.7 Å². The summed E-state index contributed by atoms with van der Waals surface area (Å²) in [4.78, 5) is 147. The molecular formula is C73H97N15O14S8. The summed E-state index contributed by atoms with van der Waals surface area (Å²) in [5.74, 6) is -4.01. The van der Waals surface area contributed by atoms with E-state index in [0.717, 1.165) is 85.1 Å². The van der Waals surface area contributed by atoms with Gasteiger partial charge in [0.15, 0.2) is 0 Å². The van der Waals surface area contributed by atoms with Crippen LogP contribution in [0.4, 0.5) is 14.4 Å². The van der Waals surface area contributed by atoms with Crippen LogP contribution in [0.25, 0.3) is 0 Å². The summed E-state index contributed by atoms with van der Waals surface area (Å²) in [5.41, 5.74) is 22.4. The highest BCUT2D eigenvalue weighted by atomic mass is 32.2. The summed E-state index contributed by atoms with van der Waals surface area (Å²) in [7, 11) is -3.63. The summed E-state index contributed by atoms with van der Waals surface area (Å²) < 4.78 is 22.5. The smallest absolute Gasteiger partial charge is 0.284 e. The van der Waals surface area contributed by atoms with Crippen LogP contribution in [0.5, 0.6) is 0 Å². The lowest BCUT2D eigenvalue weighted by Crippen LogP contribution is -2.44. The van der Waals surface area contributed by atoms with Crippen molar-refractivity contribution in [2.24, 2.45) is 33.5 Å². The SMILES string of the molecule is CC(C)(C)CC(C)(C)NC(=O)Sc1ccccc1C(=O)N1CC1C(N)=O.CCCCNC(=O)Sc1ccccc1C(=O)NCCS(N)(=O)=O.CSC(=N)Sc1ccccc1C(=O)NCCC(N)=O.CSC(=N)Sc1ccccc1C(=O)N[C@@H](C)C(N)=O.NC(=O)C1CN1C(=O)c1ccccc1SC(=O)NC1CCCC1. The van der Waals surface area contributed by atoms with Gasteiger partial charge in [0.1, 0.15) is 26.9 Å². The Morgan fingerprint density at radius 2 is 0.909 bits per heavy atom. The van der Waals surface area contributed by atoms with Crippen molar-refractivity contribution >= 4 is 170 Å². The standard InChI is InChI=1S/C19H27N3O3S.C16H19N3O3S.C14H21N3O4S2.2C12H15N3O2S2/c1-18(2,3)11-19(4,5)21-17(25)26-14-9-7-6-8-12(14)16(24)22-10-13(22)15(20)23;17-14(20)12-9-19(12)15(21)11-7-3-4-8-13(11)23-16(22)18-10-5-1-2-6-10;1-2-3-8-17-14(19)22-12-7-5-4-6-11(12)13(18)16-9-10-23(15,20)21;1-7(10(13)16)15-11(17)8-5-3-4-6-9(8)19-12(14)18-2;1-18-12(14)19-9-5-3-2-4-8(9)11(17)15-7-6-10(13)16/h6-9,13H,10-11H2,1-5H3,(H2,20,23)(H,21,25);3-4,7-8,10,12H,1-2,5-6,9H2,(H2,17,20)(H,18,22);4-7H,2-3,8-10H2,1H3,(H,16,18)(H,17,19)(H2,15,20,21);3-7,14H,1-2H3,(H2,13,16)(H,15,17);2-5,14H,6-7H2,1H3,(H2,13,16)(H,15,17)/t;;;7-;/m...0./s1. The van der Waals surface area contributed by atoms with Crippen LogP contribution in [0, 0.1) is 16.2 Å². The van der Waals surface area contributed by atoms with Gasteiger partial charge in [-0.2, -0.15) is 0 Å². The molecule has 0 radical (unpaired) electrons. The lowest BCUT2D eigenvalue weighted by molar-refractivity contribution is -0.119. The van der Waals surface area contributed by atoms with Gasteiger partial charge in [-0.3, -0.25) is 68.4 Å². The van der Waals surface area contributed by atoms with E-state index in [9.17, 15) is 66.0 Å². The maximum atomic E-state index is 12.6. The van der Waals surface area contributed by atoms with E-state index < -0.39 is 57.7 Å². The number of rotatable bonds is 26. The van der Waals surface area contributed by atoms with Crippen LogP contribution in [0.1, 0.15) is 152 Å². The quantitative estimate of drug-likeness (QED) is 0.00805. The van der Waals surface area contributed by atoms with Crippen LogP contribution < -0.4 is 60.0 Å². The highest BCUT2D eigenvalue weighted by molar-refractivity contribution is 8.39. The molecule has 29 nitrogen and oxygen atoms in total. The molecule has 5 aromatic rings. The van der Waals surface area contributed by atoms with Crippen molar-refractivity contribution in [3.05, 3.63) is 149 Å². The average Bonchev–Trinajstić information content (AvgIpc) is 1.64. The molecule has 5 aromatic carbocycles. The van der Waals surface area contributed by atoms with Gasteiger partial charge < -0.3 is 64.6 Å². The summed E-state index contributed by atoms with van der Waals surface area (Å²) in [6, 6.07) is 32.9. The number of primary amides is 4. The van der Waals surface area contributed by atoms with E-state index in [1.54, 1.807) is 122 Å². The van der Waals surface area contributed by atoms with E-state index in [1.165, 1.54) is 63.8 Å². The molecule has 110 heavy (non-hydrogen) atoms. The number of nitrogens with one attached hydrogen (secondary N) is 8. The first kappa shape index (κ1) is 93.8. The van der Waals surface area contributed by atoms with Crippen LogP contribution in [0.15, 0.2) is 146 Å². The topological polar surface area (TPSA) is 495 Å². The second-order valence-electron chi connectivity index (χ2n) is 26.4. The first-order chi connectivity index (χ1) is 51.8. The summed E-state index contributed by atoms with van der Waals surface area (Å²) in [6.07, 6.45) is 10.7. The van der Waals surface area contributed by atoms with Gasteiger partial charge in [-0.05, 0) is 160 Å². The van der Waals surface area contributed by atoms with Gasteiger partial charge >= 0.3 is 0 Å². The zero-order chi connectivity index (χ0) is 82.1. The third-order valence-corrected chi connectivity index (χ3v) is 22.6. The summed E-state index contributed by atoms with van der Waals surface area (Å²) >= 11 is 8.00. The van der Waals surface area contributed by atoms with E-state index in [1.807, 2.05) is 33.1 Å². The molecule has 3 atom stereocenters. The van der Waals surface area contributed by atoms with Crippen molar-refractivity contribution in [3.63, 3.8) is 0 Å². The van der Waals surface area contributed by atoms with Gasteiger partial charge in [0, 0.05) is 62.1 Å². The lowest BCUT2D eigenvalue weighted by Gasteiger charge is -2.33. The fourth-order valence-corrected chi connectivity index (χ4v) is 15.7.